The van der Waals surface area contributed by atoms with Crippen molar-refractivity contribution in [2.24, 2.45) is 5.41 Å². The second-order valence-corrected chi connectivity index (χ2v) is 5.81. The summed E-state index contributed by atoms with van der Waals surface area (Å²) in [5.74, 6) is 0.755. The molecule has 0 spiro atoms. The molecule has 0 fully saturated rings. The molecule has 0 aromatic carbocycles. The van der Waals surface area contributed by atoms with Crippen LogP contribution in [0.5, 0.6) is 0 Å². The van der Waals surface area contributed by atoms with Gasteiger partial charge in [0, 0.05) is 31.4 Å². The van der Waals surface area contributed by atoms with Crippen molar-refractivity contribution in [3.05, 3.63) is 29.6 Å². The van der Waals surface area contributed by atoms with Crippen molar-refractivity contribution >= 4 is 11.6 Å². The molecule has 0 atom stereocenters. The Bertz CT molecular complexity index is 337. The van der Waals surface area contributed by atoms with Crippen LogP contribution in [0.15, 0.2) is 18.5 Å². The van der Waals surface area contributed by atoms with Gasteiger partial charge in [0.25, 0.3) is 0 Å². The van der Waals surface area contributed by atoms with Crippen molar-refractivity contribution in [2.75, 3.05) is 12.4 Å². The van der Waals surface area contributed by atoms with E-state index in [-0.39, 0.29) is 0 Å². The van der Waals surface area contributed by atoms with Crippen molar-refractivity contribution in [2.45, 2.75) is 40.2 Å². The van der Waals surface area contributed by atoms with Gasteiger partial charge in [-0.2, -0.15) is 0 Å². The third-order valence-electron chi connectivity index (χ3n) is 2.85. The third-order valence-corrected chi connectivity index (χ3v) is 3.12. The summed E-state index contributed by atoms with van der Waals surface area (Å²) < 4.78 is 0. The number of alkyl halides is 1. The van der Waals surface area contributed by atoms with Crippen LogP contribution in [0.3, 0.4) is 0 Å². The summed E-state index contributed by atoms with van der Waals surface area (Å²) in [5, 5.41) is 3.49. The normalized spacial score (nSPS) is 11.8. The first-order chi connectivity index (χ1) is 8.03. The number of hydrogen-bond acceptors (Lipinski definition) is 2. The van der Waals surface area contributed by atoms with Crippen LogP contribution in [0.4, 0.5) is 0 Å². The minimum absolute atomic E-state index is 0.312. The fraction of sp³-hybridized carbons (Fsp3) is 0.643. The van der Waals surface area contributed by atoms with Crippen LogP contribution in [0, 0.1) is 12.3 Å². The SMILES string of the molecule is Cc1cncc(CNCC(C)(C)CCCCl)c1. The Morgan fingerprint density at radius 3 is 2.76 bits per heavy atom. The van der Waals surface area contributed by atoms with Crippen LogP contribution in [0.25, 0.3) is 0 Å². The van der Waals surface area contributed by atoms with Gasteiger partial charge >= 0.3 is 0 Å². The fourth-order valence-electron chi connectivity index (χ4n) is 1.89. The molecule has 0 saturated heterocycles. The maximum Gasteiger partial charge on any atom is 0.0313 e. The molecule has 0 bridgehead atoms. The number of halogens is 1. The molecule has 0 aliphatic carbocycles. The highest BCUT2D eigenvalue weighted by atomic mass is 35.5. The van der Waals surface area contributed by atoms with E-state index < -0.39 is 0 Å². The summed E-state index contributed by atoms with van der Waals surface area (Å²) >= 11 is 5.73. The fourth-order valence-corrected chi connectivity index (χ4v) is 2.03. The van der Waals surface area contributed by atoms with E-state index in [9.17, 15) is 0 Å². The maximum absolute atomic E-state index is 5.73. The van der Waals surface area contributed by atoms with Gasteiger partial charge in [-0.3, -0.25) is 4.98 Å². The van der Waals surface area contributed by atoms with Crippen LogP contribution in [-0.4, -0.2) is 17.4 Å². The van der Waals surface area contributed by atoms with E-state index in [1.165, 1.54) is 11.1 Å². The topological polar surface area (TPSA) is 24.9 Å². The van der Waals surface area contributed by atoms with Gasteiger partial charge in [-0.15, -0.1) is 11.6 Å². The minimum Gasteiger partial charge on any atom is -0.312 e. The summed E-state index contributed by atoms with van der Waals surface area (Å²) in [6.07, 6.45) is 6.05. The van der Waals surface area contributed by atoms with E-state index >= 15 is 0 Å². The lowest BCUT2D eigenvalue weighted by molar-refractivity contribution is 0.311. The number of aryl methyl sites for hydroxylation is 1. The van der Waals surface area contributed by atoms with Gasteiger partial charge in [-0.1, -0.05) is 19.9 Å². The van der Waals surface area contributed by atoms with Crippen LogP contribution in [0.1, 0.15) is 37.8 Å². The first-order valence-corrected chi connectivity index (χ1v) is 6.74. The predicted octanol–water partition coefficient (Wildman–Crippen LogP) is 3.52. The average molecular weight is 255 g/mol. The van der Waals surface area contributed by atoms with Gasteiger partial charge in [0.15, 0.2) is 0 Å². The monoisotopic (exact) mass is 254 g/mol. The Kier molecular flexibility index (Phi) is 5.93. The summed E-state index contributed by atoms with van der Waals surface area (Å²) in [4.78, 5) is 4.19. The Labute approximate surface area is 110 Å². The van der Waals surface area contributed by atoms with Crippen LogP contribution in [0.2, 0.25) is 0 Å². The Hall–Kier alpha value is -0.600. The van der Waals surface area contributed by atoms with Crippen molar-refractivity contribution < 1.29 is 0 Å². The summed E-state index contributed by atoms with van der Waals surface area (Å²) in [5.41, 5.74) is 2.77. The molecule has 0 amide bonds. The van der Waals surface area contributed by atoms with E-state index in [0.717, 1.165) is 31.8 Å². The molecule has 0 unspecified atom stereocenters. The lowest BCUT2D eigenvalue weighted by Gasteiger charge is -2.24. The molecule has 0 aliphatic heterocycles. The zero-order valence-electron chi connectivity index (χ0n) is 11.1. The molecular formula is C14H23ClN2. The van der Waals surface area contributed by atoms with Crippen molar-refractivity contribution in [3.8, 4) is 0 Å². The molecule has 0 radical (unpaired) electrons. The van der Waals surface area contributed by atoms with Gasteiger partial charge in [-0.25, -0.2) is 0 Å². The van der Waals surface area contributed by atoms with E-state index in [1.807, 2.05) is 12.4 Å². The van der Waals surface area contributed by atoms with Crippen molar-refractivity contribution in [3.63, 3.8) is 0 Å². The summed E-state index contributed by atoms with van der Waals surface area (Å²) in [7, 11) is 0. The van der Waals surface area contributed by atoms with Gasteiger partial charge in [0.1, 0.15) is 0 Å². The number of nitrogens with zero attached hydrogens (tertiary/aromatic N) is 1. The lowest BCUT2D eigenvalue weighted by Crippen LogP contribution is -2.29. The number of aromatic nitrogens is 1. The van der Waals surface area contributed by atoms with E-state index in [1.54, 1.807) is 0 Å². The minimum atomic E-state index is 0.312. The van der Waals surface area contributed by atoms with Crippen LogP contribution < -0.4 is 5.32 Å². The Morgan fingerprint density at radius 1 is 1.35 bits per heavy atom. The smallest absolute Gasteiger partial charge is 0.0313 e. The van der Waals surface area contributed by atoms with Gasteiger partial charge in [-0.05, 0) is 36.3 Å². The van der Waals surface area contributed by atoms with Crippen LogP contribution >= 0.6 is 11.6 Å². The largest absolute Gasteiger partial charge is 0.312 e. The highest BCUT2D eigenvalue weighted by Gasteiger charge is 2.16. The van der Waals surface area contributed by atoms with Crippen molar-refractivity contribution in [1.29, 1.82) is 0 Å². The highest BCUT2D eigenvalue weighted by molar-refractivity contribution is 6.17. The predicted molar refractivity (Wildman–Crippen MR) is 74.4 cm³/mol. The van der Waals surface area contributed by atoms with Gasteiger partial charge in [0.2, 0.25) is 0 Å². The zero-order chi connectivity index (χ0) is 12.7. The average Bonchev–Trinajstić information content (AvgIpc) is 2.26. The van der Waals surface area contributed by atoms with E-state index in [2.05, 4.69) is 37.1 Å². The third kappa shape index (κ3) is 6.04. The molecule has 1 aromatic rings. The summed E-state index contributed by atoms with van der Waals surface area (Å²) in [6.45, 7) is 8.53. The zero-order valence-corrected chi connectivity index (χ0v) is 11.8. The maximum atomic E-state index is 5.73. The molecular weight excluding hydrogens is 232 g/mol. The Balaban J connectivity index is 2.32. The summed E-state index contributed by atoms with van der Waals surface area (Å²) in [6, 6.07) is 2.17. The van der Waals surface area contributed by atoms with E-state index in [4.69, 9.17) is 11.6 Å². The van der Waals surface area contributed by atoms with Crippen molar-refractivity contribution in [1.82, 2.24) is 10.3 Å². The molecule has 1 N–H and O–H groups in total. The molecule has 1 rings (SSSR count). The standard InChI is InChI=1S/C14H23ClN2/c1-12-7-13(9-16-8-12)10-17-11-14(2,3)5-4-6-15/h7-9,17H,4-6,10-11H2,1-3H3. The van der Waals surface area contributed by atoms with Gasteiger partial charge in [0.05, 0.1) is 0 Å². The molecule has 1 aromatic heterocycles. The first-order valence-electron chi connectivity index (χ1n) is 6.21. The second-order valence-electron chi connectivity index (χ2n) is 5.43. The molecule has 96 valence electrons. The molecule has 0 saturated carbocycles. The first kappa shape index (κ1) is 14.5. The highest BCUT2D eigenvalue weighted by Crippen LogP contribution is 2.21. The number of rotatable bonds is 7. The van der Waals surface area contributed by atoms with Gasteiger partial charge < -0.3 is 5.32 Å². The molecule has 3 heteroatoms. The molecule has 17 heavy (non-hydrogen) atoms. The number of pyridine rings is 1. The molecule has 1 heterocycles. The lowest BCUT2D eigenvalue weighted by atomic mass is 9.88. The quantitative estimate of drug-likeness (QED) is 0.753. The van der Waals surface area contributed by atoms with E-state index in [0.29, 0.717) is 5.41 Å². The molecule has 2 nitrogen and oxygen atoms in total. The second kappa shape index (κ2) is 6.97. The van der Waals surface area contributed by atoms with Crippen LogP contribution in [-0.2, 0) is 6.54 Å². The Morgan fingerprint density at radius 2 is 2.12 bits per heavy atom. The number of hydrogen-bond donors (Lipinski definition) is 1. The number of nitrogens with one attached hydrogen (secondary N) is 1. The molecule has 0 aliphatic rings.